The number of ether oxygens (including phenoxy) is 1. The monoisotopic (exact) mass is 414 g/mol. The van der Waals surface area contributed by atoms with Crippen LogP contribution < -0.4 is 10.1 Å². The van der Waals surface area contributed by atoms with E-state index in [4.69, 9.17) is 10.00 Å². The van der Waals surface area contributed by atoms with Crippen LogP contribution in [0.2, 0.25) is 0 Å². The summed E-state index contributed by atoms with van der Waals surface area (Å²) >= 11 is 0.629. The minimum atomic E-state index is -1.52. The summed E-state index contributed by atoms with van der Waals surface area (Å²) in [5.41, 5.74) is -1.41. The molecule has 3 N–H and O–H groups in total. The summed E-state index contributed by atoms with van der Waals surface area (Å²) in [7, 11) is 1.52. The first-order valence-electron chi connectivity index (χ1n) is 8.31. The second-order valence-corrected chi connectivity index (χ2v) is 7.20. The standard InChI is InChI=1S/C20H15FN2O5S/c1-28-12-4-2-3-10(7-12)11-5-6-14(13(21)8-11)23-18(24)16-15(9-22)29-20(27)17(16)19(25)26/h2-8,15,20,27H,1H3,(H,23,24)(H,25,26). The van der Waals surface area contributed by atoms with Crippen molar-refractivity contribution in [2.45, 2.75) is 10.7 Å². The minimum absolute atomic E-state index is 0.179. The van der Waals surface area contributed by atoms with Crippen LogP contribution in [0.25, 0.3) is 11.1 Å². The Balaban J connectivity index is 1.89. The highest BCUT2D eigenvalue weighted by Crippen LogP contribution is 2.38. The van der Waals surface area contributed by atoms with Gasteiger partial charge in [0.1, 0.15) is 22.3 Å². The molecule has 2 atom stereocenters. The number of hydrogen-bond acceptors (Lipinski definition) is 6. The summed E-state index contributed by atoms with van der Waals surface area (Å²) in [5, 5.41) is 29.3. The summed E-state index contributed by atoms with van der Waals surface area (Å²) in [6.07, 6.45) is 0. The van der Waals surface area contributed by atoms with Gasteiger partial charge < -0.3 is 20.3 Å². The Kier molecular flexibility index (Phi) is 5.87. The molecule has 0 spiro atoms. The number of nitrogens with one attached hydrogen (secondary N) is 1. The number of nitriles is 1. The van der Waals surface area contributed by atoms with Crippen LogP contribution >= 0.6 is 11.8 Å². The Morgan fingerprint density at radius 2 is 1.93 bits per heavy atom. The van der Waals surface area contributed by atoms with Crippen LogP contribution in [0.1, 0.15) is 0 Å². The van der Waals surface area contributed by atoms with E-state index in [1.807, 2.05) is 0 Å². The van der Waals surface area contributed by atoms with Gasteiger partial charge in [-0.05, 0) is 35.4 Å². The van der Waals surface area contributed by atoms with Gasteiger partial charge in [0.25, 0.3) is 5.91 Å². The molecule has 1 amide bonds. The molecule has 0 saturated carbocycles. The molecule has 2 aromatic carbocycles. The molecule has 9 heteroatoms. The number of rotatable bonds is 5. The zero-order valence-electron chi connectivity index (χ0n) is 15.0. The van der Waals surface area contributed by atoms with Crippen LogP contribution in [-0.2, 0) is 9.59 Å². The van der Waals surface area contributed by atoms with Crippen LogP contribution in [0.15, 0.2) is 53.6 Å². The Hall–Kier alpha value is -3.35. The lowest BCUT2D eigenvalue weighted by molar-refractivity contribution is -0.133. The third-order valence-corrected chi connectivity index (χ3v) is 5.38. The maximum atomic E-state index is 14.6. The molecule has 1 heterocycles. The van der Waals surface area contributed by atoms with E-state index < -0.39 is 39.5 Å². The second-order valence-electron chi connectivity index (χ2n) is 6.01. The van der Waals surface area contributed by atoms with Gasteiger partial charge in [-0.15, -0.1) is 11.8 Å². The average Bonchev–Trinajstić information content (AvgIpc) is 3.06. The summed E-state index contributed by atoms with van der Waals surface area (Å²) in [5.74, 6) is -2.60. The number of methoxy groups -OCH3 is 1. The first-order chi connectivity index (χ1) is 13.8. The van der Waals surface area contributed by atoms with E-state index in [-0.39, 0.29) is 5.69 Å². The average molecular weight is 414 g/mol. The Morgan fingerprint density at radius 3 is 2.55 bits per heavy atom. The Morgan fingerprint density at radius 1 is 1.21 bits per heavy atom. The molecule has 0 aromatic heterocycles. The summed E-state index contributed by atoms with van der Waals surface area (Å²) in [6, 6.07) is 12.9. The molecule has 1 aliphatic heterocycles. The number of carbonyl (C=O) groups is 2. The molecule has 1 aliphatic rings. The molecule has 0 bridgehead atoms. The Labute approximate surface area is 169 Å². The van der Waals surface area contributed by atoms with Crippen molar-refractivity contribution in [2.24, 2.45) is 0 Å². The number of thioether (sulfide) groups is 1. The van der Waals surface area contributed by atoms with Gasteiger partial charge in [0, 0.05) is 0 Å². The lowest BCUT2D eigenvalue weighted by atomic mass is 10.0. The van der Waals surface area contributed by atoms with Crippen molar-refractivity contribution >= 4 is 29.3 Å². The number of carbonyl (C=O) groups excluding carboxylic acids is 1. The molecule has 0 radical (unpaired) electrons. The van der Waals surface area contributed by atoms with Crippen molar-refractivity contribution in [1.29, 1.82) is 5.26 Å². The third-order valence-electron chi connectivity index (χ3n) is 4.28. The normalized spacial score (nSPS) is 18.3. The zero-order valence-corrected chi connectivity index (χ0v) is 15.9. The van der Waals surface area contributed by atoms with Gasteiger partial charge in [0.05, 0.1) is 30.0 Å². The van der Waals surface area contributed by atoms with Crippen molar-refractivity contribution in [3.05, 3.63) is 59.4 Å². The number of nitrogens with zero attached hydrogens (tertiary/aromatic N) is 1. The molecule has 148 valence electrons. The molecular formula is C20H15FN2O5S. The maximum absolute atomic E-state index is 14.6. The number of aliphatic hydroxyl groups is 1. The largest absolute Gasteiger partial charge is 0.497 e. The van der Waals surface area contributed by atoms with Crippen molar-refractivity contribution in [3.8, 4) is 22.9 Å². The van der Waals surface area contributed by atoms with Gasteiger partial charge in [-0.2, -0.15) is 5.26 Å². The quantitative estimate of drug-likeness (QED) is 0.688. The number of carboxylic acids is 1. The topological polar surface area (TPSA) is 120 Å². The third kappa shape index (κ3) is 4.08. The fraction of sp³-hybridized carbons (Fsp3) is 0.150. The molecule has 2 aromatic rings. The summed E-state index contributed by atoms with van der Waals surface area (Å²) < 4.78 is 19.7. The van der Waals surface area contributed by atoms with Gasteiger partial charge in [-0.1, -0.05) is 18.2 Å². The highest BCUT2D eigenvalue weighted by molar-refractivity contribution is 8.01. The molecule has 7 nitrogen and oxygen atoms in total. The van der Waals surface area contributed by atoms with Crippen LogP contribution in [0, 0.1) is 17.1 Å². The number of aliphatic hydroxyl groups excluding tert-OH is 1. The van der Waals surface area contributed by atoms with Gasteiger partial charge in [0.2, 0.25) is 0 Å². The number of hydrogen-bond donors (Lipinski definition) is 3. The number of anilines is 1. The van der Waals surface area contributed by atoms with E-state index in [1.165, 1.54) is 19.2 Å². The van der Waals surface area contributed by atoms with E-state index in [2.05, 4.69) is 5.32 Å². The molecule has 2 unspecified atom stereocenters. The van der Waals surface area contributed by atoms with E-state index in [0.29, 0.717) is 28.6 Å². The first-order valence-corrected chi connectivity index (χ1v) is 9.25. The number of aliphatic carboxylic acids is 1. The fourth-order valence-electron chi connectivity index (χ4n) is 2.88. The predicted molar refractivity (Wildman–Crippen MR) is 105 cm³/mol. The SMILES string of the molecule is COc1cccc(-c2ccc(NC(=O)C3=C(C(=O)O)C(O)SC3C#N)c(F)c2)c1. The molecule has 0 fully saturated rings. The molecule has 0 aliphatic carbocycles. The number of halogens is 1. The fourth-order valence-corrected chi connectivity index (χ4v) is 3.94. The number of amides is 1. The highest BCUT2D eigenvalue weighted by atomic mass is 32.2. The van der Waals surface area contributed by atoms with E-state index in [0.717, 1.165) is 0 Å². The van der Waals surface area contributed by atoms with E-state index in [9.17, 15) is 24.2 Å². The Bertz CT molecular complexity index is 1060. The van der Waals surface area contributed by atoms with Gasteiger partial charge in [-0.25, -0.2) is 9.18 Å². The lowest BCUT2D eigenvalue weighted by Crippen LogP contribution is -2.23. The second kappa shape index (κ2) is 8.34. The van der Waals surface area contributed by atoms with Gasteiger partial charge in [-0.3, -0.25) is 4.79 Å². The molecular weight excluding hydrogens is 399 g/mol. The van der Waals surface area contributed by atoms with Gasteiger partial charge in [0.15, 0.2) is 0 Å². The van der Waals surface area contributed by atoms with Crippen LogP contribution in [0.5, 0.6) is 5.75 Å². The summed E-state index contributed by atoms with van der Waals surface area (Å²) in [6.45, 7) is 0. The smallest absolute Gasteiger partial charge is 0.335 e. The van der Waals surface area contributed by atoms with E-state index in [1.54, 1.807) is 36.4 Å². The lowest BCUT2D eigenvalue weighted by Gasteiger charge is -2.11. The molecule has 0 saturated heterocycles. The molecule has 3 rings (SSSR count). The first kappa shape index (κ1) is 20.4. The maximum Gasteiger partial charge on any atom is 0.335 e. The van der Waals surface area contributed by atoms with Crippen molar-refractivity contribution in [1.82, 2.24) is 0 Å². The van der Waals surface area contributed by atoms with Crippen molar-refractivity contribution in [2.75, 3.05) is 12.4 Å². The summed E-state index contributed by atoms with van der Waals surface area (Å²) in [4.78, 5) is 23.9. The van der Waals surface area contributed by atoms with Crippen molar-refractivity contribution < 1.29 is 28.9 Å². The van der Waals surface area contributed by atoms with Crippen molar-refractivity contribution in [3.63, 3.8) is 0 Å². The predicted octanol–water partition coefficient (Wildman–Crippen LogP) is 2.78. The van der Waals surface area contributed by atoms with Crippen LogP contribution in [0.3, 0.4) is 0 Å². The number of benzene rings is 2. The highest BCUT2D eigenvalue weighted by Gasteiger charge is 2.40. The van der Waals surface area contributed by atoms with Gasteiger partial charge >= 0.3 is 5.97 Å². The van der Waals surface area contributed by atoms with Crippen LogP contribution in [0.4, 0.5) is 10.1 Å². The minimum Gasteiger partial charge on any atom is -0.497 e. The van der Waals surface area contributed by atoms with E-state index >= 15 is 0 Å². The van der Waals surface area contributed by atoms with Crippen LogP contribution in [-0.4, -0.2) is 39.9 Å². The molecule has 29 heavy (non-hydrogen) atoms. The number of carboxylic acid groups (broad SMARTS) is 1. The zero-order chi connectivity index (χ0) is 21.1.